The molecule has 0 spiro atoms. The maximum Gasteiger partial charge on any atom is 0.417 e. The molecule has 0 radical (unpaired) electrons. The number of amidine groups is 1. The summed E-state index contributed by atoms with van der Waals surface area (Å²) in [6.07, 6.45) is -4.68. The first-order valence-electron chi connectivity index (χ1n) is 8.81. The third kappa shape index (κ3) is 5.14. The van der Waals surface area contributed by atoms with Gasteiger partial charge in [-0.15, -0.1) is 0 Å². The lowest BCUT2D eigenvalue weighted by atomic mass is 10.2. The van der Waals surface area contributed by atoms with Crippen LogP contribution < -0.4 is 5.32 Å². The molecule has 0 aliphatic carbocycles. The Morgan fingerprint density at radius 1 is 1.27 bits per heavy atom. The van der Waals surface area contributed by atoms with E-state index in [0.717, 1.165) is 29.5 Å². The van der Waals surface area contributed by atoms with Gasteiger partial charge >= 0.3 is 6.18 Å². The van der Waals surface area contributed by atoms with E-state index < -0.39 is 22.0 Å². The van der Waals surface area contributed by atoms with Gasteiger partial charge in [-0.1, -0.05) is 35.5 Å². The minimum absolute atomic E-state index is 0.0198. The monoisotopic (exact) mass is 455 g/mol. The van der Waals surface area contributed by atoms with Gasteiger partial charge in [-0.3, -0.25) is 14.5 Å². The van der Waals surface area contributed by atoms with Crippen molar-refractivity contribution in [2.75, 3.05) is 12.4 Å². The number of aliphatic imine (C=N–C) groups is 1. The molecule has 1 aliphatic heterocycles. The van der Waals surface area contributed by atoms with Crippen molar-refractivity contribution in [2.24, 2.45) is 4.99 Å². The molecule has 1 saturated heterocycles. The summed E-state index contributed by atoms with van der Waals surface area (Å²) in [4.78, 5) is 30.4. The topological polar surface area (TPSA) is 61.8 Å². The van der Waals surface area contributed by atoms with Gasteiger partial charge in [0.15, 0.2) is 5.17 Å². The molecule has 1 atom stereocenters. The predicted molar refractivity (Wildman–Crippen MR) is 112 cm³/mol. The van der Waals surface area contributed by atoms with E-state index in [0.29, 0.717) is 5.69 Å². The molecular weight excluding hydrogens is 439 g/mol. The number of aryl methyl sites for hydroxylation is 1. The Hall–Kier alpha value is -2.52. The summed E-state index contributed by atoms with van der Waals surface area (Å²) >= 11 is 6.65. The predicted octanol–water partition coefficient (Wildman–Crippen LogP) is 5.26. The fraction of sp³-hybridized carbons (Fsp3) is 0.250. The number of nitrogens with zero attached hydrogens (tertiary/aromatic N) is 2. The van der Waals surface area contributed by atoms with Crippen LogP contribution in [0.15, 0.2) is 47.5 Å². The maximum absolute atomic E-state index is 13.1. The molecule has 158 valence electrons. The molecule has 1 aliphatic rings. The molecule has 10 heteroatoms. The van der Waals surface area contributed by atoms with Crippen LogP contribution in [0, 0.1) is 6.92 Å². The number of thioether (sulfide) groups is 1. The molecule has 3 rings (SSSR count). The molecule has 1 heterocycles. The first-order chi connectivity index (χ1) is 14.0. The molecule has 1 fully saturated rings. The number of anilines is 1. The number of halogens is 4. The van der Waals surface area contributed by atoms with Crippen LogP contribution in [0.25, 0.3) is 0 Å². The third-order valence-corrected chi connectivity index (χ3v) is 5.90. The molecule has 2 aromatic rings. The lowest BCUT2D eigenvalue weighted by molar-refractivity contribution is -0.137. The van der Waals surface area contributed by atoms with Crippen molar-refractivity contribution >= 4 is 51.7 Å². The van der Waals surface area contributed by atoms with Gasteiger partial charge in [0.25, 0.3) is 0 Å². The van der Waals surface area contributed by atoms with Crippen LogP contribution in [0.5, 0.6) is 0 Å². The SMILES string of the molecule is Cc1cccc(NC(=O)[C@H]2CC(=O)N(C)C(=Nc3ccc(Cl)c(C(F)(F)F)c3)S2)c1. The van der Waals surface area contributed by atoms with Crippen LogP contribution >= 0.6 is 23.4 Å². The Morgan fingerprint density at radius 2 is 2.00 bits per heavy atom. The Kier molecular flexibility index (Phi) is 6.42. The van der Waals surface area contributed by atoms with Crippen LogP contribution in [0.3, 0.4) is 0 Å². The number of alkyl halides is 3. The van der Waals surface area contributed by atoms with Gasteiger partial charge in [-0.05, 0) is 42.8 Å². The van der Waals surface area contributed by atoms with Gasteiger partial charge in [0.05, 0.1) is 16.3 Å². The standard InChI is InChI=1S/C20H17ClF3N3O2S/c1-11-4-3-5-12(8-11)25-18(29)16-10-17(28)27(2)19(30-16)26-13-6-7-15(21)14(9-13)20(22,23)24/h3-9,16H,10H2,1-2H3,(H,25,29)/t16-/m1/s1. The molecule has 1 N–H and O–H groups in total. The summed E-state index contributed by atoms with van der Waals surface area (Å²) in [6, 6.07) is 10.4. The van der Waals surface area contributed by atoms with E-state index in [2.05, 4.69) is 10.3 Å². The van der Waals surface area contributed by atoms with Crippen LogP contribution in [-0.4, -0.2) is 34.2 Å². The lowest BCUT2D eigenvalue weighted by Crippen LogP contribution is -2.43. The largest absolute Gasteiger partial charge is 0.417 e. The summed E-state index contributed by atoms with van der Waals surface area (Å²) in [5.74, 6) is -0.742. The first-order valence-corrected chi connectivity index (χ1v) is 10.1. The normalized spacial score (nSPS) is 18.6. The van der Waals surface area contributed by atoms with Crippen molar-refractivity contribution in [1.82, 2.24) is 4.90 Å². The number of hydrogen-bond acceptors (Lipinski definition) is 4. The number of amides is 2. The zero-order chi connectivity index (χ0) is 22.1. The number of rotatable bonds is 3. The molecular formula is C20H17ClF3N3O2S. The minimum Gasteiger partial charge on any atom is -0.325 e. The van der Waals surface area contributed by atoms with Gasteiger partial charge in [-0.25, -0.2) is 4.99 Å². The quantitative estimate of drug-likeness (QED) is 0.687. The van der Waals surface area contributed by atoms with Crippen molar-refractivity contribution in [1.29, 1.82) is 0 Å². The molecule has 2 aromatic carbocycles. The Labute approximate surface area is 180 Å². The van der Waals surface area contributed by atoms with Crippen LogP contribution in [-0.2, 0) is 15.8 Å². The van der Waals surface area contributed by atoms with E-state index in [1.807, 2.05) is 13.0 Å². The molecule has 30 heavy (non-hydrogen) atoms. The first kappa shape index (κ1) is 22.2. The van der Waals surface area contributed by atoms with Gasteiger partial charge in [0.1, 0.15) is 5.25 Å². The van der Waals surface area contributed by atoms with Crippen LogP contribution in [0.4, 0.5) is 24.5 Å². The van der Waals surface area contributed by atoms with Crippen molar-refractivity contribution in [3.8, 4) is 0 Å². The number of hydrogen-bond donors (Lipinski definition) is 1. The van der Waals surface area contributed by atoms with Crippen molar-refractivity contribution in [3.63, 3.8) is 0 Å². The maximum atomic E-state index is 13.1. The Bertz CT molecular complexity index is 1030. The number of nitrogens with one attached hydrogen (secondary N) is 1. The van der Waals surface area contributed by atoms with E-state index in [9.17, 15) is 22.8 Å². The number of carbonyl (C=O) groups is 2. The molecule has 2 amide bonds. The minimum atomic E-state index is -4.63. The smallest absolute Gasteiger partial charge is 0.325 e. The van der Waals surface area contributed by atoms with E-state index in [-0.39, 0.29) is 29.1 Å². The lowest BCUT2D eigenvalue weighted by Gasteiger charge is -2.29. The van der Waals surface area contributed by atoms with Crippen LogP contribution in [0.1, 0.15) is 17.5 Å². The molecule has 0 unspecified atom stereocenters. The summed E-state index contributed by atoms with van der Waals surface area (Å²) in [7, 11) is 1.46. The summed E-state index contributed by atoms with van der Waals surface area (Å²) in [5, 5.41) is 1.68. The zero-order valence-corrected chi connectivity index (χ0v) is 17.5. The average molecular weight is 456 g/mol. The highest BCUT2D eigenvalue weighted by Crippen LogP contribution is 2.37. The fourth-order valence-corrected chi connectivity index (χ4v) is 4.04. The van der Waals surface area contributed by atoms with E-state index in [1.54, 1.807) is 18.2 Å². The van der Waals surface area contributed by atoms with Gasteiger partial charge < -0.3 is 5.32 Å². The molecule has 0 bridgehead atoms. The average Bonchev–Trinajstić information content (AvgIpc) is 2.65. The second-order valence-corrected chi connectivity index (χ2v) is 8.26. The number of carbonyl (C=O) groups excluding carboxylic acids is 2. The summed E-state index contributed by atoms with van der Waals surface area (Å²) < 4.78 is 39.3. The zero-order valence-electron chi connectivity index (χ0n) is 16.0. The third-order valence-electron chi connectivity index (χ3n) is 4.33. The van der Waals surface area contributed by atoms with Crippen LogP contribution in [0.2, 0.25) is 5.02 Å². The summed E-state index contributed by atoms with van der Waals surface area (Å²) in [6.45, 7) is 1.88. The highest BCUT2D eigenvalue weighted by Gasteiger charge is 2.35. The van der Waals surface area contributed by atoms with Crippen molar-refractivity contribution in [2.45, 2.75) is 24.8 Å². The van der Waals surface area contributed by atoms with E-state index in [1.165, 1.54) is 18.0 Å². The Balaban J connectivity index is 1.84. The van der Waals surface area contributed by atoms with Gasteiger partial charge in [0, 0.05) is 19.2 Å². The fourth-order valence-electron chi connectivity index (χ4n) is 2.75. The van der Waals surface area contributed by atoms with Gasteiger partial charge in [0.2, 0.25) is 11.8 Å². The second-order valence-electron chi connectivity index (χ2n) is 6.68. The van der Waals surface area contributed by atoms with E-state index in [4.69, 9.17) is 11.6 Å². The van der Waals surface area contributed by atoms with Gasteiger partial charge in [-0.2, -0.15) is 13.2 Å². The van der Waals surface area contributed by atoms with E-state index >= 15 is 0 Å². The van der Waals surface area contributed by atoms with Crippen molar-refractivity contribution < 1.29 is 22.8 Å². The second kappa shape index (κ2) is 8.69. The highest BCUT2D eigenvalue weighted by molar-refractivity contribution is 8.15. The van der Waals surface area contributed by atoms with Crippen molar-refractivity contribution in [3.05, 3.63) is 58.6 Å². The number of benzene rings is 2. The molecule has 0 aromatic heterocycles. The molecule has 5 nitrogen and oxygen atoms in total. The molecule has 0 saturated carbocycles. The summed E-state index contributed by atoms with van der Waals surface area (Å²) in [5.41, 5.74) is 0.520. The highest BCUT2D eigenvalue weighted by atomic mass is 35.5. The Morgan fingerprint density at radius 3 is 2.67 bits per heavy atom.